The van der Waals surface area contributed by atoms with Gasteiger partial charge in [0.2, 0.25) is 0 Å². The molecule has 0 aliphatic rings. The highest BCUT2D eigenvalue weighted by Crippen LogP contribution is 2.12. The molecule has 0 saturated heterocycles. The van der Waals surface area contributed by atoms with Gasteiger partial charge >= 0.3 is 0 Å². The third-order valence-electron chi connectivity index (χ3n) is 3.71. The first-order chi connectivity index (χ1) is 11.6. The number of hydrogen-bond acceptors (Lipinski definition) is 4. The number of carbonyl (C=O) groups is 1. The number of fused-ring (bicyclic) bond motifs is 1. The van der Waals surface area contributed by atoms with Crippen molar-refractivity contribution in [2.45, 2.75) is 13.8 Å². The van der Waals surface area contributed by atoms with Crippen molar-refractivity contribution in [3.05, 3.63) is 75.2 Å². The summed E-state index contributed by atoms with van der Waals surface area (Å²) in [4.78, 5) is 24.0. The fourth-order valence-corrected chi connectivity index (χ4v) is 2.47. The zero-order valence-electron chi connectivity index (χ0n) is 13.3. The molecule has 120 valence electrons. The summed E-state index contributed by atoms with van der Waals surface area (Å²) in [7, 11) is 0. The molecule has 0 aliphatic carbocycles. The summed E-state index contributed by atoms with van der Waals surface area (Å²) in [6.07, 6.45) is 1.58. The second kappa shape index (κ2) is 6.45. The fourth-order valence-electron chi connectivity index (χ4n) is 2.47. The summed E-state index contributed by atoms with van der Waals surface area (Å²) < 4.78 is 0. The van der Waals surface area contributed by atoms with E-state index in [1.807, 2.05) is 32.0 Å². The van der Waals surface area contributed by atoms with Crippen molar-refractivity contribution >= 4 is 22.9 Å². The molecule has 6 nitrogen and oxygen atoms in total. The van der Waals surface area contributed by atoms with E-state index >= 15 is 0 Å². The Morgan fingerprint density at radius 2 is 1.92 bits per heavy atom. The van der Waals surface area contributed by atoms with E-state index in [2.05, 4.69) is 20.7 Å². The van der Waals surface area contributed by atoms with Gasteiger partial charge in [0.05, 0.1) is 11.6 Å². The van der Waals surface area contributed by atoms with Crippen LogP contribution in [0.25, 0.3) is 10.8 Å². The molecule has 24 heavy (non-hydrogen) atoms. The number of aromatic nitrogens is 2. The number of benzene rings is 2. The highest BCUT2D eigenvalue weighted by molar-refractivity contribution is 6.04. The predicted molar refractivity (Wildman–Crippen MR) is 93.3 cm³/mol. The van der Waals surface area contributed by atoms with Crippen molar-refractivity contribution in [1.29, 1.82) is 0 Å². The predicted octanol–water partition coefficient (Wildman–Crippen LogP) is 2.30. The summed E-state index contributed by atoms with van der Waals surface area (Å²) in [5.41, 5.74) is 5.39. The number of aryl methyl sites for hydroxylation is 2. The zero-order valence-corrected chi connectivity index (χ0v) is 13.3. The van der Waals surface area contributed by atoms with Crippen LogP contribution in [0.5, 0.6) is 0 Å². The molecule has 0 fully saturated rings. The number of nitrogens with one attached hydrogen (secondary N) is 2. The lowest BCUT2D eigenvalue weighted by Gasteiger charge is -2.04. The third-order valence-corrected chi connectivity index (χ3v) is 3.71. The van der Waals surface area contributed by atoms with Crippen LogP contribution in [-0.2, 0) is 0 Å². The molecule has 3 rings (SSSR count). The number of aromatic amines is 1. The number of rotatable bonds is 3. The molecule has 6 heteroatoms. The number of hydrazone groups is 1. The van der Waals surface area contributed by atoms with Gasteiger partial charge in [-0.25, -0.2) is 10.5 Å². The number of nitrogens with zero attached hydrogens (tertiary/aromatic N) is 2. The van der Waals surface area contributed by atoms with Gasteiger partial charge in [-0.3, -0.25) is 9.59 Å². The Morgan fingerprint density at radius 1 is 1.17 bits per heavy atom. The summed E-state index contributed by atoms with van der Waals surface area (Å²) >= 11 is 0. The highest BCUT2D eigenvalue weighted by Gasteiger charge is 2.13. The molecule has 0 unspecified atom stereocenters. The molecule has 2 aromatic carbocycles. The van der Waals surface area contributed by atoms with Crippen molar-refractivity contribution in [2.75, 3.05) is 0 Å². The number of hydrogen-bond donors (Lipinski definition) is 2. The topological polar surface area (TPSA) is 87.2 Å². The first-order valence-corrected chi connectivity index (χ1v) is 7.44. The minimum atomic E-state index is -0.483. The Morgan fingerprint density at radius 3 is 2.67 bits per heavy atom. The van der Waals surface area contributed by atoms with E-state index in [1.165, 1.54) is 0 Å². The summed E-state index contributed by atoms with van der Waals surface area (Å²) in [5, 5.41) is 11.0. The molecule has 0 aliphatic heterocycles. The minimum absolute atomic E-state index is 0.128. The van der Waals surface area contributed by atoms with E-state index in [4.69, 9.17) is 0 Å². The quantitative estimate of drug-likeness (QED) is 0.573. The van der Waals surface area contributed by atoms with Crippen LogP contribution in [0.1, 0.15) is 27.2 Å². The highest BCUT2D eigenvalue weighted by atomic mass is 16.2. The van der Waals surface area contributed by atoms with Crippen molar-refractivity contribution in [3.63, 3.8) is 0 Å². The van der Waals surface area contributed by atoms with E-state index in [0.29, 0.717) is 10.8 Å². The van der Waals surface area contributed by atoms with E-state index in [0.717, 1.165) is 16.7 Å². The van der Waals surface area contributed by atoms with Crippen LogP contribution in [0.3, 0.4) is 0 Å². The second-order valence-corrected chi connectivity index (χ2v) is 5.51. The lowest BCUT2D eigenvalue weighted by atomic mass is 10.1. The van der Waals surface area contributed by atoms with Crippen LogP contribution in [0.2, 0.25) is 0 Å². The second-order valence-electron chi connectivity index (χ2n) is 5.51. The van der Waals surface area contributed by atoms with E-state index in [9.17, 15) is 9.59 Å². The molecule has 1 amide bonds. The SMILES string of the molecule is Cc1ccc(/C=N/NC(=O)c2n[nH]c(=O)c3ccccc23)c(C)c1. The standard InChI is InChI=1S/C18H16N4O2/c1-11-7-8-13(12(2)9-11)10-19-21-18(24)16-14-5-3-4-6-15(14)17(23)22-20-16/h3-10H,1-2H3,(H,21,24)(H,22,23)/b19-10+. The molecule has 0 saturated carbocycles. The van der Waals surface area contributed by atoms with Crippen LogP contribution >= 0.6 is 0 Å². The summed E-state index contributed by atoms with van der Waals surface area (Å²) in [6.45, 7) is 4.00. The molecule has 2 N–H and O–H groups in total. The summed E-state index contributed by atoms with van der Waals surface area (Å²) in [6, 6.07) is 12.8. The van der Waals surface area contributed by atoms with E-state index < -0.39 is 5.91 Å². The smallest absolute Gasteiger partial charge is 0.267 e. The number of carbonyl (C=O) groups excluding carboxylic acids is 1. The first kappa shape index (κ1) is 15.6. The van der Waals surface area contributed by atoms with E-state index in [1.54, 1.807) is 30.5 Å². The Hall–Kier alpha value is -3.28. The normalized spacial score (nSPS) is 11.1. The van der Waals surface area contributed by atoms with Gasteiger partial charge in [0, 0.05) is 5.39 Å². The monoisotopic (exact) mass is 320 g/mol. The fraction of sp³-hybridized carbons (Fsp3) is 0.111. The number of H-pyrrole nitrogens is 1. The van der Waals surface area contributed by atoms with Gasteiger partial charge < -0.3 is 0 Å². The maximum Gasteiger partial charge on any atom is 0.292 e. The van der Waals surface area contributed by atoms with Crippen LogP contribution < -0.4 is 11.0 Å². The minimum Gasteiger partial charge on any atom is -0.267 e. The average molecular weight is 320 g/mol. The van der Waals surface area contributed by atoms with Crippen LogP contribution in [0.15, 0.2) is 52.4 Å². The average Bonchev–Trinajstić information content (AvgIpc) is 2.57. The van der Waals surface area contributed by atoms with Crippen molar-refractivity contribution < 1.29 is 4.79 Å². The lowest BCUT2D eigenvalue weighted by molar-refractivity contribution is 0.0951. The molecule has 1 heterocycles. The molecule has 1 aromatic heterocycles. The lowest BCUT2D eigenvalue weighted by Crippen LogP contribution is -2.22. The van der Waals surface area contributed by atoms with Gasteiger partial charge in [-0.15, -0.1) is 0 Å². The zero-order chi connectivity index (χ0) is 17.1. The molecule has 0 spiro atoms. The Balaban J connectivity index is 1.84. The van der Waals surface area contributed by atoms with Crippen molar-refractivity contribution in [1.82, 2.24) is 15.6 Å². The van der Waals surface area contributed by atoms with Crippen molar-refractivity contribution in [3.8, 4) is 0 Å². The molecule has 0 radical (unpaired) electrons. The maximum atomic E-state index is 12.3. The number of amides is 1. The van der Waals surface area contributed by atoms with Gasteiger partial charge in [0.25, 0.3) is 11.5 Å². The molecule has 3 aromatic rings. The molecular weight excluding hydrogens is 304 g/mol. The van der Waals surface area contributed by atoms with Gasteiger partial charge in [0.1, 0.15) is 0 Å². The van der Waals surface area contributed by atoms with Gasteiger partial charge in [-0.05, 0) is 31.0 Å². The largest absolute Gasteiger partial charge is 0.292 e. The van der Waals surface area contributed by atoms with Gasteiger partial charge in [-0.1, -0.05) is 42.0 Å². The van der Waals surface area contributed by atoms with Crippen LogP contribution in [0, 0.1) is 13.8 Å². The first-order valence-electron chi connectivity index (χ1n) is 7.44. The Labute approximate surface area is 138 Å². The van der Waals surface area contributed by atoms with Crippen LogP contribution in [-0.4, -0.2) is 22.3 Å². The summed E-state index contributed by atoms with van der Waals surface area (Å²) in [5.74, 6) is -0.483. The Bertz CT molecular complexity index is 1010. The maximum absolute atomic E-state index is 12.3. The van der Waals surface area contributed by atoms with Crippen molar-refractivity contribution in [2.24, 2.45) is 5.10 Å². The molecular formula is C18H16N4O2. The Kier molecular flexibility index (Phi) is 4.20. The van der Waals surface area contributed by atoms with E-state index in [-0.39, 0.29) is 11.3 Å². The molecule has 0 atom stereocenters. The van der Waals surface area contributed by atoms with Gasteiger partial charge in [0.15, 0.2) is 5.69 Å². The third kappa shape index (κ3) is 3.08. The molecule has 0 bridgehead atoms. The van der Waals surface area contributed by atoms with Gasteiger partial charge in [-0.2, -0.15) is 10.2 Å². The van der Waals surface area contributed by atoms with Crippen LogP contribution in [0.4, 0.5) is 0 Å².